The molecule has 0 spiro atoms. The van der Waals surface area contributed by atoms with Crippen LogP contribution in [0.5, 0.6) is 0 Å². The first-order valence-corrected chi connectivity index (χ1v) is 7.28. The van der Waals surface area contributed by atoms with Crippen LogP contribution in [0, 0.1) is 6.92 Å². The van der Waals surface area contributed by atoms with E-state index in [0.29, 0.717) is 21.9 Å². The van der Waals surface area contributed by atoms with Gasteiger partial charge >= 0.3 is 0 Å². The molecule has 0 unspecified atom stereocenters. The van der Waals surface area contributed by atoms with Crippen molar-refractivity contribution in [1.29, 1.82) is 0 Å². The molecule has 0 aliphatic heterocycles. The zero-order valence-corrected chi connectivity index (χ0v) is 12.2. The van der Waals surface area contributed by atoms with Crippen molar-refractivity contribution in [2.75, 3.05) is 11.2 Å². The largest absolute Gasteiger partial charge is 0.383 e. The van der Waals surface area contributed by atoms with Crippen molar-refractivity contribution in [3.63, 3.8) is 0 Å². The number of rotatable bonds is 4. The maximum Gasteiger partial charge on any atom is 0.253 e. The molecule has 9 heteroatoms. The van der Waals surface area contributed by atoms with Crippen molar-refractivity contribution in [1.82, 2.24) is 19.9 Å². The van der Waals surface area contributed by atoms with Crippen LogP contribution in [0.15, 0.2) is 21.0 Å². The van der Waals surface area contributed by atoms with Crippen molar-refractivity contribution >= 4 is 23.4 Å². The smallest absolute Gasteiger partial charge is 0.253 e. The van der Waals surface area contributed by atoms with Crippen LogP contribution < -0.4 is 22.6 Å². The van der Waals surface area contributed by atoms with E-state index in [-0.39, 0.29) is 11.4 Å². The van der Waals surface area contributed by atoms with Crippen molar-refractivity contribution in [3.05, 3.63) is 27.8 Å². The van der Waals surface area contributed by atoms with Crippen molar-refractivity contribution in [2.45, 2.75) is 35.9 Å². The minimum atomic E-state index is -0.295. The fraction of sp³-hybridized carbons (Fsp3) is 0.333. The lowest BCUT2D eigenvalue weighted by Crippen LogP contribution is -2.13. The fourth-order valence-corrected chi connectivity index (χ4v) is 2.74. The Morgan fingerprint density at radius 3 is 2.76 bits per heavy atom. The third kappa shape index (κ3) is 2.98. The Balaban J connectivity index is 2.00. The summed E-state index contributed by atoms with van der Waals surface area (Å²) in [5.74, 6) is 7.42. The summed E-state index contributed by atoms with van der Waals surface area (Å²) >= 11 is 1.24. The number of hydrazine groups is 1. The lowest BCUT2D eigenvalue weighted by molar-refractivity contribution is 0.856. The minimum Gasteiger partial charge on any atom is -0.383 e. The van der Waals surface area contributed by atoms with Gasteiger partial charge in [-0.25, -0.2) is 20.8 Å². The molecule has 110 valence electrons. The highest BCUT2D eigenvalue weighted by Crippen LogP contribution is 2.40. The number of H-pyrrole nitrogens is 1. The van der Waals surface area contributed by atoms with E-state index < -0.39 is 0 Å². The van der Waals surface area contributed by atoms with Crippen LogP contribution in [-0.4, -0.2) is 19.9 Å². The van der Waals surface area contributed by atoms with Crippen molar-refractivity contribution in [2.24, 2.45) is 5.84 Å². The number of nitrogens with two attached hydrogens (primary N) is 2. The topological polar surface area (TPSA) is 136 Å². The Kier molecular flexibility index (Phi) is 3.52. The lowest BCUT2D eigenvalue weighted by Gasteiger charge is -2.11. The molecular formula is C12H15N7OS. The standard InChI is InChI=1S/C12H15N7OS/c1-5-9(19-14)17-10(6-2-3-6)18-11(5)21-12-15-7(13)4-8(20)16-12/h4,6H,2-3,14H2,1H3,(H,17,18,19)(H3,13,15,16,20). The van der Waals surface area contributed by atoms with E-state index in [0.717, 1.165) is 24.2 Å². The summed E-state index contributed by atoms with van der Waals surface area (Å²) in [6.45, 7) is 1.86. The molecule has 8 nitrogen and oxygen atoms in total. The maximum absolute atomic E-state index is 11.4. The van der Waals surface area contributed by atoms with Gasteiger partial charge in [0.05, 0.1) is 0 Å². The quantitative estimate of drug-likeness (QED) is 0.281. The second-order valence-electron chi connectivity index (χ2n) is 4.86. The van der Waals surface area contributed by atoms with E-state index in [1.807, 2.05) is 6.92 Å². The molecule has 6 N–H and O–H groups in total. The molecule has 2 aromatic heterocycles. The van der Waals surface area contributed by atoms with Crippen molar-refractivity contribution < 1.29 is 0 Å². The number of anilines is 2. The predicted octanol–water partition coefficient (Wildman–Crippen LogP) is 0.765. The van der Waals surface area contributed by atoms with E-state index in [2.05, 4.69) is 25.4 Å². The van der Waals surface area contributed by atoms with E-state index in [9.17, 15) is 4.79 Å². The molecule has 0 radical (unpaired) electrons. The summed E-state index contributed by atoms with van der Waals surface area (Å²) < 4.78 is 0. The molecule has 0 atom stereocenters. The summed E-state index contributed by atoms with van der Waals surface area (Å²) in [7, 11) is 0. The van der Waals surface area contributed by atoms with Gasteiger partial charge in [0.15, 0.2) is 5.16 Å². The summed E-state index contributed by atoms with van der Waals surface area (Å²) in [6, 6.07) is 1.24. The number of nitrogen functional groups attached to an aromatic ring is 2. The van der Waals surface area contributed by atoms with E-state index in [1.54, 1.807) is 0 Å². The van der Waals surface area contributed by atoms with Crippen LogP contribution in [0.3, 0.4) is 0 Å². The monoisotopic (exact) mass is 305 g/mol. The number of nitrogens with one attached hydrogen (secondary N) is 2. The lowest BCUT2D eigenvalue weighted by atomic mass is 10.3. The van der Waals surface area contributed by atoms with Gasteiger partial charge in [-0.1, -0.05) is 0 Å². The molecule has 0 amide bonds. The fourth-order valence-electron chi connectivity index (χ4n) is 1.87. The highest BCUT2D eigenvalue weighted by Gasteiger charge is 2.28. The van der Waals surface area contributed by atoms with Gasteiger partial charge in [-0.05, 0) is 31.5 Å². The van der Waals surface area contributed by atoms with Gasteiger partial charge in [0.25, 0.3) is 5.56 Å². The average molecular weight is 305 g/mol. The average Bonchev–Trinajstić information content (AvgIpc) is 3.24. The van der Waals surface area contributed by atoms with Gasteiger partial charge in [-0.2, -0.15) is 0 Å². The molecule has 1 aliphatic rings. The van der Waals surface area contributed by atoms with Crippen LogP contribution in [0.1, 0.15) is 30.1 Å². The molecule has 1 saturated carbocycles. The first-order chi connectivity index (χ1) is 10.1. The van der Waals surface area contributed by atoms with Gasteiger partial charge in [0.2, 0.25) is 0 Å². The number of aromatic nitrogens is 4. The van der Waals surface area contributed by atoms with Crippen LogP contribution in [0.25, 0.3) is 0 Å². The molecule has 21 heavy (non-hydrogen) atoms. The van der Waals surface area contributed by atoms with Crippen LogP contribution in [0.4, 0.5) is 11.6 Å². The highest BCUT2D eigenvalue weighted by molar-refractivity contribution is 7.99. The van der Waals surface area contributed by atoms with Crippen LogP contribution >= 0.6 is 11.8 Å². The zero-order valence-electron chi connectivity index (χ0n) is 11.4. The Morgan fingerprint density at radius 1 is 1.38 bits per heavy atom. The summed E-state index contributed by atoms with van der Waals surface area (Å²) in [5.41, 5.74) is 8.68. The number of hydrogen-bond acceptors (Lipinski definition) is 8. The van der Waals surface area contributed by atoms with Crippen LogP contribution in [0.2, 0.25) is 0 Å². The Hall–Kier alpha value is -2.13. The van der Waals surface area contributed by atoms with Crippen LogP contribution in [-0.2, 0) is 0 Å². The number of aromatic amines is 1. The zero-order chi connectivity index (χ0) is 15.0. The second kappa shape index (κ2) is 5.34. The molecule has 0 aromatic carbocycles. The predicted molar refractivity (Wildman–Crippen MR) is 79.9 cm³/mol. The summed E-state index contributed by atoms with van der Waals surface area (Å²) in [5, 5.41) is 1.10. The maximum atomic E-state index is 11.4. The summed E-state index contributed by atoms with van der Waals surface area (Å²) in [4.78, 5) is 27.1. The Morgan fingerprint density at radius 2 is 2.14 bits per heavy atom. The molecular weight excluding hydrogens is 290 g/mol. The third-order valence-corrected chi connectivity index (χ3v) is 4.11. The second-order valence-corrected chi connectivity index (χ2v) is 5.83. The minimum absolute atomic E-state index is 0.174. The first kappa shape index (κ1) is 13.8. The highest BCUT2D eigenvalue weighted by atomic mass is 32.2. The van der Waals surface area contributed by atoms with E-state index in [1.165, 1.54) is 17.8 Å². The van der Waals surface area contributed by atoms with Gasteiger partial charge in [-0.15, -0.1) is 0 Å². The molecule has 0 bridgehead atoms. The third-order valence-electron chi connectivity index (χ3n) is 3.13. The van der Waals surface area contributed by atoms with E-state index >= 15 is 0 Å². The Labute approximate surface area is 124 Å². The SMILES string of the molecule is Cc1c(NN)nc(C2CC2)nc1Sc1nc(N)cc(=O)[nH]1. The molecule has 2 heterocycles. The molecule has 1 fully saturated rings. The van der Waals surface area contributed by atoms with Crippen molar-refractivity contribution in [3.8, 4) is 0 Å². The van der Waals surface area contributed by atoms with Gasteiger partial charge < -0.3 is 16.1 Å². The van der Waals surface area contributed by atoms with Gasteiger partial charge in [0, 0.05) is 17.5 Å². The normalized spacial score (nSPS) is 14.2. The van der Waals surface area contributed by atoms with Gasteiger partial charge in [-0.3, -0.25) is 4.79 Å². The molecule has 3 rings (SSSR count). The first-order valence-electron chi connectivity index (χ1n) is 6.46. The molecule has 2 aromatic rings. The van der Waals surface area contributed by atoms with Gasteiger partial charge in [0.1, 0.15) is 22.5 Å². The Bertz CT molecular complexity index is 741. The molecule has 1 aliphatic carbocycles. The summed E-state index contributed by atoms with van der Waals surface area (Å²) in [6.07, 6.45) is 2.18. The molecule has 0 saturated heterocycles. The van der Waals surface area contributed by atoms with E-state index in [4.69, 9.17) is 11.6 Å². The number of hydrogen-bond donors (Lipinski definition) is 4. The number of nitrogens with zero attached hydrogens (tertiary/aromatic N) is 3.